The molecule has 2 N–H and O–H groups in total. The number of carbonyl (C=O) groups excluding carboxylic acids is 1. The smallest absolute Gasteiger partial charge is 0.255 e. The number of amides is 1. The molecular formula is C13H16FNO2. The fourth-order valence-corrected chi connectivity index (χ4v) is 2.06. The molecule has 0 spiro atoms. The number of hydrogen-bond donors (Lipinski definition) is 2. The summed E-state index contributed by atoms with van der Waals surface area (Å²) in [6.45, 7) is 2.11. The normalized spacial score (nSPS) is 22.2. The lowest BCUT2D eigenvalue weighted by atomic mass is 10.2. The van der Waals surface area contributed by atoms with Gasteiger partial charge in [-0.2, -0.15) is 0 Å². The molecule has 4 heteroatoms. The van der Waals surface area contributed by atoms with Gasteiger partial charge >= 0.3 is 0 Å². The number of aromatic hydroxyl groups is 1. The minimum Gasteiger partial charge on any atom is -0.507 e. The van der Waals surface area contributed by atoms with Gasteiger partial charge in [-0.05, 0) is 30.9 Å². The van der Waals surface area contributed by atoms with Gasteiger partial charge in [0.2, 0.25) is 0 Å². The quantitative estimate of drug-likeness (QED) is 0.845. The summed E-state index contributed by atoms with van der Waals surface area (Å²) in [7, 11) is 0. The Kier molecular flexibility index (Phi) is 3.31. The lowest BCUT2D eigenvalue weighted by molar-refractivity contribution is 0.0946. The SMILES string of the molecule is CCCC1CC1NC(=O)c1ccc(F)cc1O. The van der Waals surface area contributed by atoms with Crippen LogP contribution in [0.2, 0.25) is 0 Å². The topological polar surface area (TPSA) is 49.3 Å². The number of phenolic OH excluding ortho intramolecular Hbond substituents is 1. The van der Waals surface area contributed by atoms with E-state index in [0.29, 0.717) is 5.92 Å². The minimum atomic E-state index is -0.547. The Morgan fingerprint density at radius 2 is 2.35 bits per heavy atom. The molecule has 92 valence electrons. The van der Waals surface area contributed by atoms with Crippen LogP contribution in [0.15, 0.2) is 18.2 Å². The van der Waals surface area contributed by atoms with Crippen molar-refractivity contribution in [2.24, 2.45) is 5.92 Å². The van der Waals surface area contributed by atoms with Gasteiger partial charge in [-0.3, -0.25) is 4.79 Å². The molecule has 0 bridgehead atoms. The number of halogens is 1. The van der Waals surface area contributed by atoms with Crippen molar-refractivity contribution in [3.63, 3.8) is 0 Å². The first kappa shape index (κ1) is 11.9. The van der Waals surface area contributed by atoms with Crippen LogP contribution in [0.3, 0.4) is 0 Å². The third-order valence-corrected chi connectivity index (χ3v) is 3.10. The highest BCUT2D eigenvalue weighted by Gasteiger charge is 2.37. The van der Waals surface area contributed by atoms with Crippen LogP contribution < -0.4 is 5.32 Å². The average molecular weight is 237 g/mol. The molecule has 17 heavy (non-hydrogen) atoms. The first-order valence-electron chi connectivity index (χ1n) is 5.91. The molecule has 0 aromatic heterocycles. The molecule has 2 rings (SSSR count). The number of hydrogen-bond acceptors (Lipinski definition) is 2. The van der Waals surface area contributed by atoms with E-state index in [1.165, 1.54) is 12.1 Å². The van der Waals surface area contributed by atoms with Crippen molar-refractivity contribution in [1.29, 1.82) is 0 Å². The van der Waals surface area contributed by atoms with Crippen LogP contribution in [0.25, 0.3) is 0 Å². The van der Waals surface area contributed by atoms with Gasteiger partial charge in [-0.25, -0.2) is 4.39 Å². The largest absolute Gasteiger partial charge is 0.507 e. The van der Waals surface area contributed by atoms with E-state index < -0.39 is 5.82 Å². The Hall–Kier alpha value is -1.58. The van der Waals surface area contributed by atoms with Crippen molar-refractivity contribution in [1.82, 2.24) is 5.32 Å². The minimum absolute atomic E-state index is 0.133. The van der Waals surface area contributed by atoms with Gasteiger partial charge in [0.05, 0.1) is 5.56 Å². The van der Waals surface area contributed by atoms with Crippen LogP contribution in [0.1, 0.15) is 36.5 Å². The highest BCUT2D eigenvalue weighted by molar-refractivity contribution is 5.97. The molecular weight excluding hydrogens is 221 g/mol. The monoisotopic (exact) mass is 237 g/mol. The van der Waals surface area contributed by atoms with Gasteiger partial charge < -0.3 is 10.4 Å². The molecule has 0 aliphatic heterocycles. The number of carbonyl (C=O) groups is 1. The predicted octanol–water partition coefficient (Wildman–Crippen LogP) is 2.45. The molecule has 0 radical (unpaired) electrons. The standard InChI is InChI=1S/C13H16FNO2/c1-2-3-8-6-11(8)15-13(17)10-5-4-9(14)7-12(10)16/h4-5,7-8,11,16H,2-3,6H2,1H3,(H,15,17). The maximum Gasteiger partial charge on any atom is 0.255 e. The summed E-state index contributed by atoms with van der Waals surface area (Å²) in [4.78, 5) is 11.8. The van der Waals surface area contributed by atoms with Gasteiger partial charge in [0.25, 0.3) is 5.91 Å². The van der Waals surface area contributed by atoms with E-state index in [4.69, 9.17) is 0 Å². The number of phenols is 1. The van der Waals surface area contributed by atoms with Crippen LogP contribution in [-0.4, -0.2) is 17.1 Å². The van der Waals surface area contributed by atoms with Crippen LogP contribution in [0, 0.1) is 11.7 Å². The molecule has 1 aromatic rings. The van der Waals surface area contributed by atoms with Crippen molar-refractivity contribution >= 4 is 5.91 Å². The van der Waals surface area contributed by atoms with Gasteiger partial charge in [-0.15, -0.1) is 0 Å². The Morgan fingerprint density at radius 3 is 3.00 bits per heavy atom. The molecule has 1 amide bonds. The lowest BCUT2D eigenvalue weighted by Gasteiger charge is -2.06. The maximum absolute atomic E-state index is 12.8. The predicted molar refractivity (Wildman–Crippen MR) is 62.3 cm³/mol. The van der Waals surface area contributed by atoms with E-state index in [2.05, 4.69) is 12.2 Å². The Bertz CT molecular complexity index is 433. The summed E-state index contributed by atoms with van der Waals surface area (Å²) in [5.74, 6) is -0.623. The van der Waals surface area contributed by atoms with E-state index in [1.54, 1.807) is 0 Å². The zero-order valence-corrected chi connectivity index (χ0v) is 9.74. The van der Waals surface area contributed by atoms with Gasteiger partial charge in [0.15, 0.2) is 0 Å². The van der Waals surface area contributed by atoms with E-state index in [-0.39, 0.29) is 23.3 Å². The summed E-state index contributed by atoms with van der Waals surface area (Å²) < 4.78 is 12.8. The molecule has 3 nitrogen and oxygen atoms in total. The highest BCUT2D eigenvalue weighted by Crippen LogP contribution is 2.35. The third kappa shape index (κ3) is 2.75. The first-order valence-corrected chi connectivity index (χ1v) is 5.91. The Morgan fingerprint density at radius 1 is 1.59 bits per heavy atom. The molecule has 0 heterocycles. The van der Waals surface area contributed by atoms with Crippen LogP contribution >= 0.6 is 0 Å². The summed E-state index contributed by atoms with van der Waals surface area (Å²) in [5.41, 5.74) is 0.133. The molecule has 0 saturated heterocycles. The van der Waals surface area contributed by atoms with E-state index in [0.717, 1.165) is 25.3 Å². The summed E-state index contributed by atoms with van der Waals surface area (Å²) in [6.07, 6.45) is 3.22. The molecule has 1 fully saturated rings. The molecule has 1 aliphatic carbocycles. The lowest BCUT2D eigenvalue weighted by Crippen LogP contribution is -2.26. The molecule has 2 atom stereocenters. The second kappa shape index (κ2) is 4.73. The Balaban J connectivity index is 1.96. The van der Waals surface area contributed by atoms with Gasteiger partial charge in [0.1, 0.15) is 11.6 Å². The van der Waals surface area contributed by atoms with Crippen molar-refractivity contribution in [2.45, 2.75) is 32.2 Å². The zero-order valence-electron chi connectivity index (χ0n) is 9.74. The average Bonchev–Trinajstić information content (AvgIpc) is 2.96. The van der Waals surface area contributed by atoms with E-state index in [9.17, 15) is 14.3 Å². The second-order valence-electron chi connectivity index (χ2n) is 4.53. The Labute approximate surface area is 99.7 Å². The van der Waals surface area contributed by atoms with Crippen LogP contribution in [0.5, 0.6) is 5.75 Å². The molecule has 2 unspecified atom stereocenters. The molecule has 1 saturated carbocycles. The number of benzene rings is 1. The maximum atomic E-state index is 12.8. The highest BCUT2D eigenvalue weighted by atomic mass is 19.1. The first-order chi connectivity index (χ1) is 8.11. The van der Waals surface area contributed by atoms with E-state index >= 15 is 0 Å². The molecule has 1 aliphatic rings. The van der Waals surface area contributed by atoms with Gasteiger partial charge in [0, 0.05) is 12.1 Å². The van der Waals surface area contributed by atoms with Crippen molar-refractivity contribution in [3.05, 3.63) is 29.6 Å². The van der Waals surface area contributed by atoms with Gasteiger partial charge in [-0.1, -0.05) is 13.3 Å². The molecule has 1 aromatic carbocycles. The fraction of sp³-hybridized carbons (Fsp3) is 0.462. The number of rotatable bonds is 4. The second-order valence-corrected chi connectivity index (χ2v) is 4.53. The summed E-state index contributed by atoms with van der Waals surface area (Å²) in [6, 6.07) is 3.64. The van der Waals surface area contributed by atoms with Crippen molar-refractivity contribution in [2.75, 3.05) is 0 Å². The number of nitrogens with one attached hydrogen (secondary N) is 1. The summed E-state index contributed by atoms with van der Waals surface area (Å²) in [5, 5.41) is 12.3. The van der Waals surface area contributed by atoms with Crippen LogP contribution in [0.4, 0.5) is 4.39 Å². The fourth-order valence-electron chi connectivity index (χ4n) is 2.06. The third-order valence-electron chi connectivity index (χ3n) is 3.10. The van der Waals surface area contributed by atoms with Crippen molar-refractivity contribution in [3.8, 4) is 5.75 Å². The van der Waals surface area contributed by atoms with E-state index in [1.807, 2.05) is 0 Å². The summed E-state index contributed by atoms with van der Waals surface area (Å²) >= 11 is 0. The zero-order chi connectivity index (χ0) is 12.4. The van der Waals surface area contributed by atoms with Crippen LogP contribution in [-0.2, 0) is 0 Å². The van der Waals surface area contributed by atoms with Crippen molar-refractivity contribution < 1.29 is 14.3 Å².